The molecular weight excluding hydrogens is 405 g/mol. The Morgan fingerprint density at radius 2 is 1.66 bits per heavy atom. The molecule has 176 valence electrons. The van der Waals surface area contributed by atoms with E-state index in [1.165, 1.54) is 0 Å². The number of carbonyl (C=O) groups is 1. The Labute approximate surface area is 192 Å². The van der Waals surface area contributed by atoms with E-state index in [0.29, 0.717) is 12.8 Å². The second-order valence-corrected chi connectivity index (χ2v) is 11.8. The van der Waals surface area contributed by atoms with Crippen molar-refractivity contribution in [3.63, 3.8) is 0 Å². The molecule has 0 aliphatic carbocycles. The van der Waals surface area contributed by atoms with E-state index in [9.17, 15) is 9.90 Å². The summed E-state index contributed by atoms with van der Waals surface area (Å²) in [6, 6.07) is 7.90. The molecule has 0 saturated carbocycles. The molecule has 0 spiro atoms. The molecule has 3 aliphatic rings. The predicted octanol–water partition coefficient (Wildman–Crippen LogP) is 4.13. The summed E-state index contributed by atoms with van der Waals surface area (Å²) >= 11 is 0. The first-order valence-corrected chi connectivity index (χ1v) is 11.9. The van der Waals surface area contributed by atoms with Gasteiger partial charge in [-0.25, -0.2) is 4.79 Å². The molecule has 3 heterocycles. The number of rotatable bonds is 2. The second kappa shape index (κ2) is 7.74. The van der Waals surface area contributed by atoms with Crippen LogP contribution in [0.5, 0.6) is 0 Å². The van der Waals surface area contributed by atoms with Crippen molar-refractivity contribution in [2.75, 3.05) is 0 Å². The van der Waals surface area contributed by atoms with Gasteiger partial charge in [-0.2, -0.15) is 0 Å². The van der Waals surface area contributed by atoms with Crippen LogP contribution in [0.2, 0.25) is 0 Å². The fraction of sp³-hybridized carbons (Fsp3) is 0.720. The Hall–Kier alpha value is -1.57. The SMILES string of the molecule is CC(C)(C)OC(=O)N1C2CCCC1CC(O)(c1cccc(B3OC(C)(C)C(C)(C)O3)c1)C2. The first-order valence-electron chi connectivity index (χ1n) is 11.9. The molecule has 7 heteroatoms. The molecule has 1 N–H and O–H groups in total. The Kier molecular flexibility index (Phi) is 5.71. The quantitative estimate of drug-likeness (QED) is 0.697. The number of carbonyl (C=O) groups excluding carboxylic acids is 1. The zero-order chi connectivity index (χ0) is 23.5. The van der Waals surface area contributed by atoms with Crippen molar-refractivity contribution in [3.8, 4) is 0 Å². The van der Waals surface area contributed by atoms with Gasteiger partial charge < -0.3 is 24.1 Å². The minimum absolute atomic E-state index is 0.0251. The summed E-state index contributed by atoms with van der Waals surface area (Å²) in [5.74, 6) is 0. The van der Waals surface area contributed by atoms with Gasteiger partial charge in [0.25, 0.3) is 0 Å². The molecule has 3 aliphatic heterocycles. The molecule has 1 aromatic rings. The molecule has 0 aromatic heterocycles. The molecular formula is C25H38BNO5. The third-order valence-corrected chi connectivity index (χ3v) is 7.56. The van der Waals surface area contributed by atoms with Gasteiger partial charge >= 0.3 is 13.2 Å². The molecule has 2 atom stereocenters. The van der Waals surface area contributed by atoms with E-state index in [1.807, 2.05) is 77.6 Å². The fourth-order valence-electron chi connectivity index (χ4n) is 5.23. The number of benzene rings is 1. The first-order chi connectivity index (χ1) is 14.7. The number of hydrogen-bond donors (Lipinski definition) is 1. The summed E-state index contributed by atoms with van der Waals surface area (Å²) < 4.78 is 18.1. The molecule has 3 fully saturated rings. The normalized spacial score (nSPS) is 31.5. The van der Waals surface area contributed by atoms with Crippen LogP contribution in [0.25, 0.3) is 0 Å². The Balaban J connectivity index is 1.57. The minimum atomic E-state index is -0.992. The van der Waals surface area contributed by atoms with Gasteiger partial charge in [-0.15, -0.1) is 0 Å². The molecule has 4 rings (SSSR count). The number of ether oxygens (including phenoxy) is 1. The Bertz CT molecular complexity index is 847. The minimum Gasteiger partial charge on any atom is -0.444 e. The van der Waals surface area contributed by atoms with Crippen LogP contribution in [0.3, 0.4) is 0 Å². The van der Waals surface area contributed by atoms with Crippen molar-refractivity contribution in [1.29, 1.82) is 0 Å². The molecule has 3 saturated heterocycles. The number of aliphatic hydroxyl groups is 1. The van der Waals surface area contributed by atoms with Crippen molar-refractivity contribution >= 4 is 18.7 Å². The molecule has 1 aromatic carbocycles. The monoisotopic (exact) mass is 443 g/mol. The summed E-state index contributed by atoms with van der Waals surface area (Å²) in [6.07, 6.45) is 3.59. The maximum atomic E-state index is 12.9. The van der Waals surface area contributed by atoms with Gasteiger partial charge in [-0.1, -0.05) is 24.3 Å². The summed E-state index contributed by atoms with van der Waals surface area (Å²) in [4.78, 5) is 14.8. The summed E-state index contributed by atoms with van der Waals surface area (Å²) in [7, 11) is -0.468. The number of amides is 1. The van der Waals surface area contributed by atoms with Crippen LogP contribution in [0.4, 0.5) is 4.79 Å². The first kappa shape index (κ1) is 23.6. The molecule has 2 bridgehead atoms. The summed E-state index contributed by atoms with van der Waals surface area (Å²) in [5, 5.41) is 11.8. The van der Waals surface area contributed by atoms with Crippen LogP contribution in [0.15, 0.2) is 24.3 Å². The summed E-state index contributed by atoms with van der Waals surface area (Å²) in [5.41, 5.74) is -0.579. The lowest BCUT2D eigenvalue weighted by atomic mass is 9.70. The Morgan fingerprint density at radius 1 is 1.09 bits per heavy atom. The van der Waals surface area contributed by atoms with Crippen LogP contribution in [0, 0.1) is 0 Å². The predicted molar refractivity (Wildman–Crippen MR) is 125 cm³/mol. The van der Waals surface area contributed by atoms with Crippen molar-refractivity contribution in [3.05, 3.63) is 29.8 Å². The molecule has 32 heavy (non-hydrogen) atoms. The molecule has 0 radical (unpaired) electrons. The molecule has 2 unspecified atom stereocenters. The van der Waals surface area contributed by atoms with E-state index >= 15 is 0 Å². The lowest BCUT2D eigenvalue weighted by Crippen LogP contribution is -2.59. The van der Waals surface area contributed by atoms with Crippen LogP contribution >= 0.6 is 0 Å². The Morgan fingerprint density at radius 3 is 2.19 bits per heavy atom. The lowest BCUT2D eigenvalue weighted by Gasteiger charge is -2.52. The maximum Gasteiger partial charge on any atom is 0.494 e. The van der Waals surface area contributed by atoms with E-state index in [4.69, 9.17) is 14.0 Å². The third-order valence-electron chi connectivity index (χ3n) is 7.56. The number of hydrogen-bond acceptors (Lipinski definition) is 5. The second-order valence-electron chi connectivity index (χ2n) is 11.8. The van der Waals surface area contributed by atoms with E-state index in [0.717, 1.165) is 30.3 Å². The van der Waals surface area contributed by atoms with Gasteiger partial charge in [0.15, 0.2) is 0 Å². The van der Waals surface area contributed by atoms with Crippen molar-refractivity contribution in [2.24, 2.45) is 0 Å². The lowest BCUT2D eigenvalue weighted by molar-refractivity contribution is -0.0965. The van der Waals surface area contributed by atoms with Gasteiger partial charge in [0.1, 0.15) is 5.60 Å². The highest BCUT2D eigenvalue weighted by Crippen LogP contribution is 2.45. The number of piperidine rings is 2. The molecule has 6 nitrogen and oxygen atoms in total. The highest BCUT2D eigenvalue weighted by Gasteiger charge is 2.53. The van der Waals surface area contributed by atoms with Gasteiger partial charge in [0.2, 0.25) is 0 Å². The van der Waals surface area contributed by atoms with Crippen molar-refractivity contribution < 1.29 is 23.9 Å². The maximum absolute atomic E-state index is 12.9. The zero-order valence-corrected chi connectivity index (χ0v) is 20.6. The summed E-state index contributed by atoms with van der Waals surface area (Å²) in [6.45, 7) is 13.8. The third kappa shape index (κ3) is 4.31. The smallest absolute Gasteiger partial charge is 0.444 e. The van der Waals surface area contributed by atoms with Crippen LogP contribution in [-0.2, 0) is 19.6 Å². The largest absolute Gasteiger partial charge is 0.494 e. The number of fused-ring (bicyclic) bond motifs is 2. The van der Waals surface area contributed by atoms with Gasteiger partial charge in [-0.05, 0) is 78.8 Å². The van der Waals surface area contributed by atoms with Crippen LogP contribution in [-0.4, -0.2) is 52.1 Å². The van der Waals surface area contributed by atoms with E-state index in [2.05, 4.69) is 0 Å². The fourth-order valence-corrected chi connectivity index (χ4v) is 5.23. The highest BCUT2D eigenvalue weighted by molar-refractivity contribution is 6.62. The molecule has 1 amide bonds. The average molecular weight is 443 g/mol. The van der Waals surface area contributed by atoms with Crippen molar-refractivity contribution in [2.45, 2.75) is 115 Å². The van der Waals surface area contributed by atoms with Crippen LogP contribution < -0.4 is 5.46 Å². The highest BCUT2D eigenvalue weighted by atomic mass is 16.7. The van der Waals surface area contributed by atoms with E-state index < -0.39 is 29.5 Å². The topological polar surface area (TPSA) is 68.2 Å². The van der Waals surface area contributed by atoms with E-state index in [-0.39, 0.29) is 18.2 Å². The standard InChI is InChI=1S/C25H38BNO5/c1-22(2,3)30-21(28)27-19-12-9-13-20(27)16-25(29,15-19)17-10-8-11-18(14-17)26-31-23(4,5)24(6,7)32-26/h8,10-11,14,19-20,29H,9,12-13,15-16H2,1-7H3. The van der Waals surface area contributed by atoms with Gasteiger partial charge in [0, 0.05) is 24.9 Å². The number of nitrogens with zero attached hydrogens (tertiary/aromatic N) is 1. The average Bonchev–Trinajstić information content (AvgIpc) is 2.87. The van der Waals surface area contributed by atoms with Gasteiger partial charge in [0.05, 0.1) is 16.8 Å². The van der Waals surface area contributed by atoms with Crippen LogP contribution in [0.1, 0.15) is 86.1 Å². The zero-order valence-electron chi connectivity index (χ0n) is 20.6. The van der Waals surface area contributed by atoms with E-state index in [1.54, 1.807) is 0 Å². The van der Waals surface area contributed by atoms with Gasteiger partial charge in [-0.3, -0.25) is 0 Å². The van der Waals surface area contributed by atoms with Crippen molar-refractivity contribution in [1.82, 2.24) is 4.90 Å².